The normalized spacial score (nSPS) is 12.2. The first-order valence-electron chi connectivity index (χ1n) is 7.12. The van der Waals surface area contributed by atoms with Gasteiger partial charge in [-0.25, -0.2) is 9.37 Å². The summed E-state index contributed by atoms with van der Waals surface area (Å²) in [5.74, 6) is 0.411. The predicted octanol–water partition coefficient (Wildman–Crippen LogP) is 3.43. The van der Waals surface area contributed by atoms with Crippen LogP contribution >= 0.6 is 0 Å². The van der Waals surface area contributed by atoms with Crippen LogP contribution in [0.2, 0.25) is 0 Å². The number of hydrogen-bond acceptors (Lipinski definition) is 3. The summed E-state index contributed by atoms with van der Waals surface area (Å²) in [6.45, 7) is 4.77. The highest BCUT2D eigenvalue weighted by molar-refractivity contribution is 5.29. The Labute approximate surface area is 125 Å². The summed E-state index contributed by atoms with van der Waals surface area (Å²) < 4.78 is 19.1. The van der Waals surface area contributed by atoms with Crippen molar-refractivity contribution in [3.05, 3.63) is 59.0 Å². The number of pyridine rings is 1. The minimum atomic E-state index is -0.173. The molecule has 4 heteroatoms. The largest absolute Gasteiger partial charge is 0.481 e. The third kappa shape index (κ3) is 4.02. The van der Waals surface area contributed by atoms with E-state index in [4.69, 9.17) is 4.74 Å². The van der Waals surface area contributed by atoms with Crippen molar-refractivity contribution in [3.8, 4) is 5.88 Å². The molecule has 1 aromatic heterocycles. The fourth-order valence-electron chi connectivity index (χ4n) is 2.36. The highest BCUT2D eigenvalue weighted by atomic mass is 19.1. The molecule has 3 nitrogen and oxygen atoms in total. The van der Waals surface area contributed by atoms with E-state index in [2.05, 4.69) is 10.3 Å². The summed E-state index contributed by atoms with van der Waals surface area (Å²) in [5.41, 5.74) is 2.80. The van der Waals surface area contributed by atoms with Crippen molar-refractivity contribution in [2.24, 2.45) is 0 Å². The maximum absolute atomic E-state index is 14.1. The maximum atomic E-state index is 14.1. The highest BCUT2D eigenvalue weighted by Crippen LogP contribution is 2.23. The first-order valence-corrected chi connectivity index (χ1v) is 7.12. The van der Waals surface area contributed by atoms with E-state index in [9.17, 15) is 4.39 Å². The first-order chi connectivity index (χ1) is 10.1. The van der Waals surface area contributed by atoms with E-state index < -0.39 is 0 Å². The van der Waals surface area contributed by atoms with Crippen molar-refractivity contribution in [1.82, 2.24) is 10.3 Å². The zero-order chi connectivity index (χ0) is 15.2. The Balaban J connectivity index is 2.23. The van der Waals surface area contributed by atoms with Crippen molar-refractivity contribution >= 4 is 0 Å². The predicted molar refractivity (Wildman–Crippen MR) is 82.0 cm³/mol. The number of halogens is 1. The quantitative estimate of drug-likeness (QED) is 0.884. The lowest BCUT2D eigenvalue weighted by atomic mass is 9.97. The van der Waals surface area contributed by atoms with Gasteiger partial charge in [0, 0.05) is 23.9 Å². The molecule has 0 bridgehead atoms. The lowest BCUT2D eigenvalue weighted by molar-refractivity contribution is 0.397. The Kier molecular flexibility index (Phi) is 5.28. The zero-order valence-electron chi connectivity index (χ0n) is 12.7. The summed E-state index contributed by atoms with van der Waals surface area (Å²) in [4.78, 5) is 4.20. The van der Waals surface area contributed by atoms with Crippen molar-refractivity contribution in [3.63, 3.8) is 0 Å². The van der Waals surface area contributed by atoms with E-state index in [1.54, 1.807) is 19.4 Å². The molecular formula is C17H21FN2O. The van der Waals surface area contributed by atoms with Crippen LogP contribution in [0.4, 0.5) is 4.39 Å². The van der Waals surface area contributed by atoms with Crippen LogP contribution in [0.3, 0.4) is 0 Å². The van der Waals surface area contributed by atoms with E-state index in [0.717, 1.165) is 17.7 Å². The van der Waals surface area contributed by atoms with Gasteiger partial charge in [-0.2, -0.15) is 0 Å². The van der Waals surface area contributed by atoms with Gasteiger partial charge in [-0.3, -0.25) is 0 Å². The molecule has 0 radical (unpaired) electrons. The average molecular weight is 288 g/mol. The number of aryl methyl sites for hydroxylation is 1. The Morgan fingerprint density at radius 1 is 1.29 bits per heavy atom. The monoisotopic (exact) mass is 288 g/mol. The highest BCUT2D eigenvalue weighted by Gasteiger charge is 2.16. The van der Waals surface area contributed by atoms with Crippen LogP contribution in [0.1, 0.15) is 29.7 Å². The number of ether oxygens (including phenoxy) is 1. The van der Waals surface area contributed by atoms with Crippen molar-refractivity contribution in [2.75, 3.05) is 13.7 Å². The van der Waals surface area contributed by atoms with Crippen LogP contribution in [0.15, 0.2) is 36.5 Å². The van der Waals surface area contributed by atoms with Gasteiger partial charge in [0.25, 0.3) is 0 Å². The minimum Gasteiger partial charge on any atom is -0.481 e. The van der Waals surface area contributed by atoms with Crippen molar-refractivity contribution in [1.29, 1.82) is 0 Å². The summed E-state index contributed by atoms with van der Waals surface area (Å²) in [6.07, 6.45) is 2.46. The molecule has 0 aliphatic heterocycles. The number of nitrogens with one attached hydrogen (secondary N) is 1. The van der Waals surface area contributed by atoms with E-state index in [0.29, 0.717) is 17.9 Å². The third-order valence-corrected chi connectivity index (χ3v) is 3.42. The molecule has 112 valence electrons. The molecule has 1 aromatic carbocycles. The van der Waals surface area contributed by atoms with Gasteiger partial charge in [0.05, 0.1) is 7.11 Å². The molecule has 0 aliphatic carbocycles. The topological polar surface area (TPSA) is 34.1 Å². The SMILES string of the molecule is CCNC(Cc1ccc(OC)nc1)c1cc(C)ccc1F. The minimum absolute atomic E-state index is 0.0647. The Morgan fingerprint density at radius 2 is 2.10 bits per heavy atom. The molecule has 1 N–H and O–H groups in total. The van der Waals surface area contributed by atoms with Crippen LogP contribution in [-0.2, 0) is 6.42 Å². The van der Waals surface area contributed by atoms with E-state index >= 15 is 0 Å². The summed E-state index contributed by atoms with van der Waals surface area (Å²) in [5, 5.41) is 3.35. The number of aromatic nitrogens is 1. The second-order valence-corrected chi connectivity index (χ2v) is 5.05. The number of nitrogens with zero attached hydrogens (tertiary/aromatic N) is 1. The van der Waals surface area contributed by atoms with Crippen LogP contribution in [0.5, 0.6) is 5.88 Å². The number of rotatable bonds is 6. The molecule has 0 aliphatic rings. The number of hydrogen-bond donors (Lipinski definition) is 1. The smallest absolute Gasteiger partial charge is 0.212 e. The van der Waals surface area contributed by atoms with Gasteiger partial charge in [-0.15, -0.1) is 0 Å². The lowest BCUT2D eigenvalue weighted by Gasteiger charge is -2.19. The summed E-state index contributed by atoms with van der Waals surface area (Å²) >= 11 is 0. The molecule has 2 aromatic rings. The van der Waals surface area contributed by atoms with Gasteiger partial charge in [0.15, 0.2) is 0 Å². The van der Waals surface area contributed by atoms with Gasteiger partial charge in [-0.05, 0) is 31.5 Å². The Bertz CT molecular complexity index is 584. The standard InChI is InChI=1S/C17H21FN2O/c1-4-19-16(14-9-12(2)5-7-15(14)18)10-13-6-8-17(21-3)20-11-13/h5-9,11,16,19H,4,10H2,1-3H3. The average Bonchev–Trinajstić information content (AvgIpc) is 2.50. The van der Waals surface area contributed by atoms with Crippen LogP contribution < -0.4 is 10.1 Å². The van der Waals surface area contributed by atoms with Crippen molar-refractivity contribution < 1.29 is 9.13 Å². The van der Waals surface area contributed by atoms with Gasteiger partial charge in [-0.1, -0.05) is 30.7 Å². The van der Waals surface area contributed by atoms with Gasteiger partial charge < -0.3 is 10.1 Å². The zero-order valence-corrected chi connectivity index (χ0v) is 12.7. The van der Waals surface area contributed by atoms with E-state index in [1.807, 2.05) is 32.0 Å². The molecule has 0 amide bonds. The fraction of sp³-hybridized carbons (Fsp3) is 0.353. The molecule has 2 rings (SSSR count). The summed E-state index contributed by atoms with van der Waals surface area (Å²) in [7, 11) is 1.59. The third-order valence-electron chi connectivity index (χ3n) is 3.42. The van der Waals surface area contributed by atoms with Gasteiger partial charge >= 0.3 is 0 Å². The van der Waals surface area contributed by atoms with E-state index in [1.165, 1.54) is 6.07 Å². The first kappa shape index (κ1) is 15.4. The number of methoxy groups -OCH3 is 1. The molecule has 0 spiro atoms. The van der Waals surface area contributed by atoms with Crippen LogP contribution in [0.25, 0.3) is 0 Å². The second kappa shape index (κ2) is 7.18. The number of likely N-dealkylation sites (N-methyl/N-ethyl adjacent to an activating group) is 1. The molecule has 21 heavy (non-hydrogen) atoms. The van der Waals surface area contributed by atoms with Crippen LogP contribution in [0, 0.1) is 12.7 Å². The molecule has 0 saturated carbocycles. The number of benzene rings is 1. The second-order valence-electron chi connectivity index (χ2n) is 5.05. The fourth-order valence-corrected chi connectivity index (χ4v) is 2.36. The summed E-state index contributed by atoms with van der Waals surface area (Å²) in [6, 6.07) is 8.94. The molecular weight excluding hydrogens is 267 g/mol. The van der Waals surface area contributed by atoms with Crippen LogP contribution in [-0.4, -0.2) is 18.6 Å². The molecule has 1 unspecified atom stereocenters. The lowest BCUT2D eigenvalue weighted by Crippen LogP contribution is -2.24. The maximum Gasteiger partial charge on any atom is 0.212 e. The van der Waals surface area contributed by atoms with Gasteiger partial charge in [0.2, 0.25) is 5.88 Å². The Morgan fingerprint density at radius 3 is 2.71 bits per heavy atom. The molecule has 0 saturated heterocycles. The van der Waals surface area contributed by atoms with Gasteiger partial charge in [0.1, 0.15) is 5.82 Å². The van der Waals surface area contributed by atoms with E-state index in [-0.39, 0.29) is 11.9 Å². The molecule has 1 atom stereocenters. The molecule has 0 fully saturated rings. The van der Waals surface area contributed by atoms with Crippen molar-refractivity contribution in [2.45, 2.75) is 26.3 Å². The Hall–Kier alpha value is -1.94. The molecule has 1 heterocycles.